The molecule has 0 saturated carbocycles. The van der Waals surface area contributed by atoms with Crippen LogP contribution in [-0.2, 0) is 0 Å². The molecule has 5 heteroatoms. The SMILES string of the molecule is COc1ncccc1-c1c(C(=O)O)c[nH]c1C. The highest BCUT2D eigenvalue weighted by Crippen LogP contribution is 2.32. The lowest BCUT2D eigenvalue weighted by molar-refractivity contribution is 0.0698. The molecule has 0 unspecified atom stereocenters. The summed E-state index contributed by atoms with van der Waals surface area (Å²) in [5.74, 6) is -0.562. The highest BCUT2D eigenvalue weighted by atomic mass is 16.5. The number of carbonyl (C=O) groups is 1. The standard InChI is InChI=1S/C12H12N2O3/c1-7-10(9(6-14-7)12(15)16)8-4-3-5-13-11(8)17-2/h3-6,14H,1-2H3,(H,15,16). The molecule has 5 nitrogen and oxygen atoms in total. The van der Waals surface area contributed by atoms with E-state index in [-0.39, 0.29) is 5.56 Å². The van der Waals surface area contributed by atoms with E-state index in [1.54, 1.807) is 18.3 Å². The van der Waals surface area contributed by atoms with Crippen LogP contribution in [0.25, 0.3) is 11.1 Å². The molecule has 0 radical (unpaired) electrons. The average Bonchev–Trinajstić information content (AvgIpc) is 2.71. The van der Waals surface area contributed by atoms with Gasteiger partial charge in [-0.25, -0.2) is 9.78 Å². The molecule has 0 aliphatic heterocycles. The quantitative estimate of drug-likeness (QED) is 0.849. The number of aromatic nitrogens is 2. The number of hydrogen-bond acceptors (Lipinski definition) is 3. The van der Waals surface area contributed by atoms with Gasteiger partial charge in [0.15, 0.2) is 0 Å². The lowest BCUT2D eigenvalue weighted by Gasteiger charge is -2.07. The number of nitrogens with one attached hydrogen (secondary N) is 1. The van der Waals surface area contributed by atoms with Crippen LogP contribution in [0.4, 0.5) is 0 Å². The molecule has 0 aliphatic rings. The van der Waals surface area contributed by atoms with Crippen LogP contribution >= 0.6 is 0 Å². The van der Waals surface area contributed by atoms with Gasteiger partial charge < -0.3 is 14.8 Å². The molecular weight excluding hydrogens is 220 g/mol. The highest BCUT2D eigenvalue weighted by molar-refractivity contribution is 5.97. The Hall–Kier alpha value is -2.30. The van der Waals surface area contributed by atoms with Crippen LogP contribution < -0.4 is 4.74 Å². The largest absolute Gasteiger partial charge is 0.481 e. The Labute approximate surface area is 98.1 Å². The number of rotatable bonds is 3. The third-order valence-electron chi connectivity index (χ3n) is 2.54. The molecular formula is C12H12N2O3. The number of hydrogen-bond donors (Lipinski definition) is 2. The van der Waals surface area contributed by atoms with Gasteiger partial charge in [0.05, 0.1) is 12.7 Å². The Morgan fingerprint density at radius 3 is 2.94 bits per heavy atom. The first-order valence-corrected chi connectivity index (χ1v) is 5.05. The van der Waals surface area contributed by atoms with E-state index >= 15 is 0 Å². The molecule has 2 rings (SSSR count). The van der Waals surface area contributed by atoms with Crippen LogP contribution in [0, 0.1) is 6.92 Å². The molecule has 0 aliphatic carbocycles. The number of aromatic amines is 1. The van der Waals surface area contributed by atoms with E-state index in [1.807, 2.05) is 6.92 Å². The maximum atomic E-state index is 11.1. The van der Waals surface area contributed by atoms with Gasteiger partial charge in [-0.15, -0.1) is 0 Å². The molecule has 0 bridgehead atoms. The molecule has 2 aromatic rings. The van der Waals surface area contributed by atoms with Crippen molar-refractivity contribution in [2.45, 2.75) is 6.92 Å². The summed E-state index contributed by atoms with van der Waals surface area (Å²) in [5.41, 5.74) is 2.27. The number of aryl methyl sites for hydroxylation is 1. The molecule has 2 N–H and O–H groups in total. The maximum Gasteiger partial charge on any atom is 0.337 e. The van der Waals surface area contributed by atoms with Crippen molar-refractivity contribution < 1.29 is 14.6 Å². The molecule has 2 heterocycles. The summed E-state index contributed by atoms with van der Waals surface area (Å²) in [6.07, 6.45) is 3.07. The van der Waals surface area contributed by atoms with Gasteiger partial charge in [0, 0.05) is 29.2 Å². The summed E-state index contributed by atoms with van der Waals surface area (Å²) in [6.45, 7) is 1.81. The maximum absolute atomic E-state index is 11.1. The third-order valence-corrected chi connectivity index (χ3v) is 2.54. The van der Waals surface area contributed by atoms with Crippen LogP contribution in [0.3, 0.4) is 0 Å². The summed E-state index contributed by atoms with van der Waals surface area (Å²) < 4.78 is 5.14. The minimum atomic E-state index is -0.977. The molecule has 0 amide bonds. The van der Waals surface area contributed by atoms with Crippen molar-refractivity contribution in [3.8, 4) is 17.0 Å². The summed E-state index contributed by atoms with van der Waals surface area (Å²) in [4.78, 5) is 18.1. The van der Waals surface area contributed by atoms with Crippen molar-refractivity contribution in [1.29, 1.82) is 0 Å². The molecule has 17 heavy (non-hydrogen) atoms. The second-order valence-electron chi connectivity index (χ2n) is 3.57. The number of H-pyrrole nitrogens is 1. The molecule has 0 atom stereocenters. The van der Waals surface area contributed by atoms with E-state index in [0.29, 0.717) is 17.0 Å². The van der Waals surface area contributed by atoms with Crippen molar-refractivity contribution in [2.24, 2.45) is 0 Å². The second kappa shape index (κ2) is 4.29. The minimum Gasteiger partial charge on any atom is -0.481 e. The Morgan fingerprint density at radius 2 is 2.29 bits per heavy atom. The number of aromatic carboxylic acids is 1. The predicted molar refractivity (Wildman–Crippen MR) is 62.3 cm³/mol. The van der Waals surface area contributed by atoms with Gasteiger partial charge in [0.1, 0.15) is 0 Å². The smallest absolute Gasteiger partial charge is 0.337 e. The molecule has 0 fully saturated rings. The number of nitrogens with zero attached hydrogens (tertiary/aromatic N) is 1. The lowest BCUT2D eigenvalue weighted by atomic mass is 10.0. The topological polar surface area (TPSA) is 75.2 Å². The van der Waals surface area contributed by atoms with Gasteiger partial charge >= 0.3 is 5.97 Å². The van der Waals surface area contributed by atoms with Gasteiger partial charge in [-0.1, -0.05) is 0 Å². The third kappa shape index (κ3) is 1.87. The van der Waals surface area contributed by atoms with Crippen molar-refractivity contribution >= 4 is 5.97 Å². The summed E-state index contributed by atoms with van der Waals surface area (Å²) >= 11 is 0. The van der Waals surface area contributed by atoms with Gasteiger partial charge in [-0.05, 0) is 19.1 Å². The zero-order valence-electron chi connectivity index (χ0n) is 9.52. The monoisotopic (exact) mass is 232 g/mol. The zero-order valence-corrected chi connectivity index (χ0v) is 9.52. The Morgan fingerprint density at radius 1 is 1.53 bits per heavy atom. The van der Waals surface area contributed by atoms with Crippen molar-refractivity contribution in [1.82, 2.24) is 9.97 Å². The first-order valence-electron chi connectivity index (χ1n) is 5.05. The number of pyridine rings is 1. The lowest BCUT2D eigenvalue weighted by Crippen LogP contribution is -1.98. The van der Waals surface area contributed by atoms with Gasteiger partial charge in [-0.3, -0.25) is 0 Å². The number of methoxy groups -OCH3 is 1. The summed E-state index contributed by atoms with van der Waals surface area (Å²) in [5, 5.41) is 9.12. The van der Waals surface area contributed by atoms with Crippen LogP contribution in [0.2, 0.25) is 0 Å². The first kappa shape index (κ1) is 11.2. The Balaban J connectivity index is 2.67. The average molecular weight is 232 g/mol. The molecule has 0 aromatic carbocycles. The number of carboxylic acid groups (broad SMARTS) is 1. The van der Waals surface area contributed by atoms with Crippen molar-refractivity contribution in [3.05, 3.63) is 35.8 Å². The normalized spacial score (nSPS) is 10.2. The van der Waals surface area contributed by atoms with Crippen molar-refractivity contribution in [2.75, 3.05) is 7.11 Å². The van der Waals surface area contributed by atoms with E-state index in [4.69, 9.17) is 9.84 Å². The van der Waals surface area contributed by atoms with Crippen LogP contribution in [0.1, 0.15) is 16.1 Å². The van der Waals surface area contributed by atoms with Gasteiger partial charge in [0.2, 0.25) is 5.88 Å². The summed E-state index contributed by atoms with van der Waals surface area (Å²) in [7, 11) is 1.51. The number of ether oxygens (including phenoxy) is 1. The molecule has 88 valence electrons. The fourth-order valence-electron chi connectivity index (χ4n) is 1.79. The zero-order chi connectivity index (χ0) is 12.4. The van der Waals surface area contributed by atoms with Crippen molar-refractivity contribution in [3.63, 3.8) is 0 Å². The fourth-order valence-corrected chi connectivity index (χ4v) is 1.79. The molecule has 2 aromatic heterocycles. The van der Waals surface area contributed by atoms with Gasteiger partial charge in [-0.2, -0.15) is 0 Å². The molecule has 0 spiro atoms. The first-order chi connectivity index (χ1) is 8.15. The van der Waals surface area contributed by atoms with Crippen LogP contribution in [0.15, 0.2) is 24.5 Å². The van der Waals surface area contributed by atoms with Crippen LogP contribution in [-0.4, -0.2) is 28.2 Å². The minimum absolute atomic E-state index is 0.216. The second-order valence-corrected chi connectivity index (χ2v) is 3.57. The number of carboxylic acids is 1. The summed E-state index contributed by atoms with van der Waals surface area (Å²) in [6, 6.07) is 3.53. The van der Waals surface area contributed by atoms with E-state index in [9.17, 15) is 4.79 Å². The molecule has 0 saturated heterocycles. The highest BCUT2D eigenvalue weighted by Gasteiger charge is 2.19. The van der Waals surface area contributed by atoms with Gasteiger partial charge in [0.25, 0.3) is 0 Å². The van der Waals surface area contributed by atoms with E-state index in [0.717, 1.165) is 5.69 Å². The van der Waals surface area contributed by atoms with E-state index in [1.165, 1.54) is 13.3 Å². The fraction of sp³-hybridized carbons (Fsp3) is 0.167. The van der Waals surface area contributed by atoms with E-state index < -0.39 is 5.97 Å². The Kier molecular flexibility index (Phi) is 2.82. The Bertz CT molecular complexity index is 561. The predicted octanol–water partition coefficient (Wildman–Crippen LogP) is 2.09. The van der Waals surface area contributed by atoms with Crippen LogP contribution in [0.5, 0.6) is 5.88 Å². The van der Waals surface area contributed by atoms with E-state index in [2.05, 4.69) is 9.97 Å².